The van der Waals surface area contributed by atoms with E-state index in [2.05, 4.69) is 20.3 Å². The van der Waals surface area contributed by atoms with E-state index < -0.39 is 6.10 Å². The van der Waals surface area contributed by atoms with Gasteiger partial charge >= 0.3 is 0 Å². The minimum Gasteiger partial charge on any atom is -0.386 e. The van der Waals surface area contributed by atoms with Crippen LogP contribution in [0.4, 0.5) is 0 Å². The number of benzene rings is 2. The summed E-state index contributed by atoms with van der Waals surface area (Å²) < 4.78 is 0. The quantitative estimate of drug-likeness (QED) is 0.235. The van der Waals surface area contributed by atoms with Crippen molar-refractivity contribution < 1.29 is 5.11 Å². The molecule has 1 atom stereocenters. The van der Waals surface area contributed by atoms with Crippen LogP contribution < -0.4 is 5.32 Å². The van der Waals surface area contributed by atoms with Gasteiger partial charge in [0.05, 0.1) is 31.1 Å². The number of hydrogen-bond donors (Lipinski definition) is 3. The van der Waals surface area contributed by atoms with Crippen molar-refractivity contribution in [1.82, 2.24) is 20.2 Å². The number of aromatic amines is 1. The molecule has 0 spiro atoms. The van der Waals surface area contributed by atoms with E-state index in [1.165, 1.54) is 0 Å². The number of nitrogens with zero attached hydrogens (tertiary/aromatic N) is 3. The van der Waals surface area contributed by atoms with E-state index in [4.69, 9.17) is 11.6 Å². The second kappa shape index (κ2) is 11.9. The van der Waals surface area contributed by atoms with Crippen LogP contribution in [0.3, 0.4) is 0 Å². The number of rotatable bonds is 7. The van der Waals surface area contributed by atoms with Gasteiger partial charge in [-0.1, -0.05) is 54.1 Å². The number of H-pyrrole nitrogens is 1. The highest BCUT2D eigenvalue weighted by atomic mass is 127. The van der Waals surface area contributed by atoms with Crippen LogP contribution in [-0.2, 0) is 6.54 Å². The molecule has 0 bridgehead atoms. The van der Waals surface area contributed by atoms with Crippen molar-refractivity contribution in [3.63, 3.8) is 0 Å². The largest absolute Gasteiger partial charge is 0.386 e. The Morgan fingerprint density at radius 2 is 1.90 bits per heavy atom. The summed E-state index contributed by atoms with van der Waals surface area (Å²) in [7, 11) is 1.95. The van der Waals surface area contributed by atoms with Crippen LogP contribution in [0.1, 0.15) is 24.4 Å². The normalized spacial score (nSPS) is 12.2. The number of halogens is 2. The van der Waals surface area contributed by atoms with Crippen molar-refractivity contribution in [1.29, 1.82) is 0 Å². The Balaban J connectivity index is 0.00000320. The Bertz CT molecular complexity index is 930. The van der Waals surface area contributed by atoms with E-state index in [9.17, 15) is 5.11 Å². The molecule has 3 rings (SSSR count). The zero-order valence-corrected chi connectivity index (χ0v) is 20.1. The van der Waals surface area contributed by atoms with E-state index in [0.29, 0.717) is 17.5 Å². The van der Waals surface area contributed by atoms with Gasteiger partial charge in [0.1, 0.15) is 5.82 Å². The average molecular weight is 540 g/mol. The van der Waals surface area contributed by atoms with Gasteiger partial charge in [0.25, 0.3) is 0 Å². The number of aromatic nitrogens is 2. The van der Waals surface area contributed by atoms with E-state index in [-0.39, 0.29) is 30.5 Å². The summed E-state index contributed by atoms with van der Waals surface area (Å²) in [5, 5.41) is 14.3. The van der Waals surface area contributed by atoms with Crippen LogP contribution in [0.25, 0.3) is 11.3 Å². The molecule has 0 aliphatic heterocycles. The first-order valence-corrected chi connectivity index (χ1v) is 9.97. The van der Waals surface area contributed by atoms with Gasteiger partial charge in [-0.25, -0.2) is 4.98 Å². The Labute approximate surface area is 199 Å². The van der Waals surface area contributed by atoms with Crippen LogP contribution in [0.5, 0.6) is 0 Å². The first kappa shape index (κ1) is 24.2. The number of guanidine groups is 1. The third-order valence-corrected chi connectivity index (χ3v) is 4.72. The molecular formula is C22H27ClIN5O. The van der Waals surface area contributed by atoms with Crippen molar-refractivity contribution in [3.8, 4) is 11.3 Å². The van der Waals surface area contributed by atoms with Crippen molar-refractivity contribution in [3.05, 3.63) is 77.2 Å². The lowest BCUT2D eigenvalue weighted by Crippen LogP contribution is -2.39. The minimum atomic E-state index is -0.692. The molecule has 0 aliphatic carbocycles. The van der Waals surface area contributed by atoms with Gasteiger partial charge in [0, 0.05) is 18.6 Å². The summed E-state index contributed by atoms with van der Waals surface area (Å²) >= 11 is 5.91. The standard InChI is InChI=1S/C22H26ClN5O.HI/c1-3-24-22(26-14-20(29)17-9-11-18(23)12-10-17)28(2)15-21-25-13-19(27-21)16-7-5-4-6-8-16;/h4-13,20,29H,3,14-15H2,1-2H3,(H,24,26)(H,25,27);1H. The summed E-state index contributed by atoms with van der Waals surface area (Å²) in [6, 6.07) is 17.3. The highest BCUT2D eigenvalue weighted by Gasteiger charge is 2.12. The molecule has 2 aromatic carbocycles. The highest BCUT2D eigenvalue weighted by molar-refractivity contribution is 14.0. The molecule has 6 nitrogen and oxygen atoms in total. The number of aliphatic hydroxyl groups is 1. The summed E-state index contributed by atoms with van der Waals surface area (Å²) in [6.07, 6.45) is 1.15. The lowest BCUT2D eigenvalue weighted by molar-refractivity contribution is 0.186. The molecule has 1 aromatic heterocycles. The second-order valence-corrected chi connectivity index (χ2v) is 7.16. The number of imidazole rings is 1. The molecule has 1 unspecified atom stereocenters. The fraction of sp³-hybridized carbons (Fsp3) is 0.273. The van der Waals surface area contributed by atoms with Crippen LogP contribution in [-0.4, -0.2) is 46.1 Å². The van der Waals surface area contributed by atoms with E-state index >= 15 is 0 Å². The Morgan fingerprint density at radius 1 is 1.20 bits per heavy atom. The van der Waals surface area contributed by atoms with Gasteiger partial charge in [0.15, 0.2) is 5.96 Å². The molecule has 0 amide bonds. The predicted octanol–water partition coefficient (Wildman–Crippen LogP) is 4.48. The van der Waals surface area contributed by atoms with Crippen LogP contribution in [0.15, 0.2) is 65.8 Å². The fourth-order valence-corrected chi connectivity index (χ4v) is 3.07. The third kappa shape index (κ3) is 6.72. The van der Waals surface area contributed by atoms with Gasteiger partial charge < -0.3 is 20.3 Å². The van der Waals surface area contributed by atoms with Gasteiger partial charge in [-0.2, -0.15) is 0 Å². The van der Waals surface area contributed by atoms with Crippen LogP contribution in [0.2, 0.25) is 5.02 Å². The van der Waals surface area contributed by atoms with Gasteiger partial charge in [-0.15, -0.1) is 24.0 Å². The second-order valence-electron chi connectivity index (χ2n) is 6.73. The summed E-state index contributed by atoms with van der Waals surface area (Å²) in [4.78, 5) is 14.4. The lowest BCUT2D eigenvalue weighted by Gasteiger charge is -2.21. The maximum absolute atomic E-state index is 10.4. The SMILES string of the molecule is CCNC(=NCC(O)c1ccc(Cl)cc1)N(C)Cc1ncc(-c2ccccc2)[nH]1.I. The number of nitrogens with one attached hydrogen (secondary N) is 2. The van der Waals surface area contributed by atoms with E-state index in [1.807, 2.05) is 67.5 Å². The maximum atomic E-state index is 10.4. The minimum absolute atomic E-state index is 0. The topological polar surface area (TPSA) is 76.5 Å². The zero-order valence-electron chi connectivity index (χ0n) is 17.0. The first-order chi connectivity index (χ1) is 14.1. The molecular weight excluding hydrogens is 513 g/mol. The predicted molar refractivity (Wildman–Crippen MR) is 133 cm³/mol. The molecule has 30 heavy (non-hydrogen) atoms. The Kier molecular flexibility index (Phi) is 9.61. The van der Waals surface area contributed by atoms with Crippen LogP contribution in [0, 0.1) is 0 Å². The van der Waals surface area contributed by atoms with Crippen molar-refractivity contribution in [2.45, 2.75) is 19.6 Å². The zero-order chi connectivity index (χ0) is 20.6. The van der Waals surface area contributed by atoms with E-state index in [1.54, 1.807) is 12.1 Å². The molecule has 8 heteroatoms. The number of hydrogen-bond acceptors (Lipinski definition) is 3. The van der Waals surface area contributed by atoms with Crippen LogP contribution >= 0.6 is 35.6 Å². The lowest BCUT2D eigenvalue weighted by atomic mass is 10.1. The molecule has 0 radical (unpaired) electrons. The molecule has 3 aromatic rings. The van der Waals surface area contributed by atoms with Gasteiger partial charge in [-0.3, -0.25) is 4.99 Å². The molecule has 1 heterocycles. The van der Waals surface area contributed by atoms with Crippen molar-refractivity contribution in [2.75, 3.05) is 20.1 Å². The van der Waals surface area contributed by atoms with Gasteiger partial charge in [0.2, 0.25) is 0 Å². The smallest absolute Gasteiger partial charge is 0.194 e. The first-order valence-electron chi connectivity index (χ1n) is 9.59. The molecule has 0 saturated carbocycles. The monoisotopic (exact) mass is 539 g/mol. The number of aliphatic imine (C=N–C) groups is 1. The van der Waals surface area contributed by atoms with Gasteiger partial charge in [-0.05, 0) is 30.2 Å². The molecule has 0 fully saturated rings. The molecule has 3 N–H and O–H groups in total. The third-order valence-electron chi connectivity index (χ3n) is 4.47. The Hall–Kier alpha value is -2.10. The van der Waals surface area contributed by atoms with Crippen molar-refractivity contribution in [2.24, 2.45) is 4.99 Å². The molecule has 160 valence electrons. The van der Waals surface area contributed by atoms with Crippen molar-refractivity contribution >= 4 is 41.5 Å². The number of aliphatic hydroxyl groups excluding tert-OH is 1. The maximum Gasteiger partial charge on any atom is 0.194 e. The summed E-state index contributed by atoms with van der Waals surface area (Å²) in [5.74, 6) is 1.55. The highest BCUT2D eigenvalue weighted by Crippen LogP contribution is 2.18. The summed E-state index contributed by atoms with van der Waals surface area (Å²) in [6.45, 7) is 3.56. The molecule has 0 aliphatic rings. The summed E-state index contributed by atoms with van der Waals surface area (Å²) in [5.41, 5.74) is 2.87. The average Bonchev–Trinajstić information content (AvgIpc) is 3.20. The molecule has 0 saturated heterocycles. The fourth-order valence-electron chi connectivity index (χ4n) is 2.94. The van der Waals surface area contributed by atoms with E-state index in [0.717, 1.165) is 29.2 Å². The Morgan fingerprint density at radius 3 is 2.57 bits per heavy atom.